The van der Waals surface area contributed by atoms with E-state index >= 15 is 0 Å². The van der Waals surface area contributed by atoms with Gasteiger partial charge in [0.1, 0.15) is 5.82 Å². The summed E-state index contributed by atoms with van der Waals surface area (Å²) in [7, 11) is 0. The van der Waals surface area contributed by atoms with Crippen LogP contribution in [0.2, 0.25) is 10.0 Å². The molecular formula is C20H19Cl2N3O. The van der Waals surface area contributed by atoms with E-state index in [2.05, 4.69) is 10.3 Å². The molecule has 0 saturated heterocycles. The molecule has 0 aliphatic heterocycles. The molecule has 1 N–H and O–H groups in total. The molecule has 0 spiro atoms. The van der Waals surface area contributed by atoms with E-state index in [9.17, 15) is 4.79 Å². The summed E-state index contributed by atoms with van der Waals surface area (Å²) in [5.74, 6) is 0.943. The average Bonchev–Trinajstić information content (AvgIpc) is 3.07. The van der Waals surface area contributed by atoms with Crippen molar-refractivity contribution in [2.75, 3.05) is 0 Å². The maximum atomic E-state index is 12.1. The fraction of sp³-hybridized carbons (Fsp3) is 0.200. The number of carbonyl (C=O) groups is 1. The normalized spacial score (nSPS) is 10.7. The van der Waals surface area contributed by atoms with E-state index in [1.165, 1.54) is 0 Å². The fourth-order valence-electron chi connectivity index (χ4n) is 2.67. The van der Waals surface area contributed by atoms with Gasteiger partial charge in [-0.1, -0.05) is 41.4 Å². The van der Waals surface area contributed by atoms with Crippen molar-refractivity contribution in [3.8, 4) is 5.69 Å². The van der Waals surface area contributed by atoms with Crippen molar-refractivity contribution in [3.05, 3.63) is 81.9 Å². The molecule has 1 heterocycles. The molecule has 2 aromatic carbocycles. The summed E-state index contributed by atoms with van der Waals surface area (Å²) in [5, 5.41) is 3.98. The van der Waals surface area contributed by atoms with E-state index in [1.807, 2.05) is 48.0 Å². The summed E-state index contributed by atoms with van der Waals surface area (Å²) in [4.78, 5) is 16.3. The Kier molecular flexibility index (Phi) is 5.96. The topological polar surface area (TPSA) is 46.9 Å². The number of aromatic nitrogens is 2. The Balaban J connectivity index is 1.49. The molecule has 3 rings (SSSR count). The first kappa shape index (κ1) is 18.5. The van der Waals surface area contributed by atoms with Crippen LogP contribution in [-0.2, 0) is 17.8 Å². The van der Waals surface area contributed by atoms with Crippen LogP contribution in [0.1, 0.15) is 23.4 Å². The van der Waals surface area contributed by atoms with Crippen LogP contribution < -0.4 is 5.32 Å². The fourth-order valence-corrected chi connectivity index (χ4v) is 2.99. The van der Waals surface area contributed by atoms with Crippen molar-refractivity contribution in [1.29, 1.82) is 0 Å². The van der Waals surface area contributed by atoms with E-state index in [4.69, 9.17) is 23.2 Å². The zero-order chi connectivity index (χ0) is 18.5. The second kappa shape index (κ2) is 8.39. The zero-order valence-corrected chi connectivity index (χ0v) is 15.9. The lowest BCUT2D eigenvalue weighted by molar-refractivity contribution is -0.121. The van der Waals surface area contributed by atoms with Gasteiger partial charge in [-0.05, 0) is 48.7 Å². The molecule has 3 aromatic rings. The third kappa shape index (κ3) is 4.65. The second-order valence-electron chi connectivity index (χ2n) is 6.04. The number of nitrogens with one attached hydrogen (secondary N) is 1. The van der Waals surface area contributed by atoms with E-state index < -0.39 is 0 Å². The maximum absolute atomic E-state index is 12.1. The van der Waals surface area contributed by atoms with Gasteiger partial charge in [-0.3, -0.25) is 4.79 Å². The third-order valence-corrected chi connectivity index (χ3v) is 4.89. The molecule has 134 valence electrons. The van der Waals surface area contributed by atoms with Crippen molar-refractivity contribution in [3.63, 3.8) is 0 Å². The third-order valence-electron chi connectivity index (χ3n) is 4.15. The number of imidazole rings is 1. The SMILES string of the molecule is Cc1nccn1-c1ccc(CNC(=O)CCc2ccc(Cl)c(Cl)c2)cc1. The minimum Gasteiger partial charge on any atom is -0.352 e. The van der Waals surface area contributed by atoms with Crippen molar-refractivity contribution in [2.24, 2.45) is 0 Å². The summed E-state index contributed by atoms with van der Waals surface area (Å²) in [5.41, 5.74) is 3.10. The van der Waals surface area contributed by atoms with Gasteiger partial charge in [0.05, 0.1) is 10.0 Å². The van der Waals surface area contributed by atoms with Crippen LogP contribution in [0.5, 0.6) is 0 Å². The van der Waals surface area contributed by atoms with Gasteiger partial charge in [0.25, 0.3) is 0 Å². The smallest absolute Gasteiger partial charge is 0.220 e. The van der Waals surface area contributed by atoms with Crippen molar-refractivity contribution < 1.29 is 4.79 Å². The summed E-state index contributed by atoms with van der Waals surface area (Å²) in [6.45, 7) is 2.46. The van der Waals surface area contributed by atoms with E-state index in [-0.39, 0.29) is 5.91 Å². The predicted octanol–water partition coefficient (Wildman–Crippen LogP) is 4.74. The number of carbonyl (C=O) groups excluding carboxylic acids is 1. The number of hydrogen-bond acceptors (Lipinski definition) is 2. The Morgan fingerprint density at radius 1 is 1.08 bits per heavy atom. The van der Waals surface area contributed by atoms with Crippen molar-refractivity contribution in [2.45, 2.75) is 26.3 Å². The number of rotatable bonds is 6. The number of amides is 1. The Hall–Kier alpha value is -2.30. The molecule has 6 heteroatoms. The van der Waals surface area contributed by atoms with Gasteiger partial charge in [-0.15, -0.1) is 0 Å². The summed E-state index contributed by atoms with van der Waals surface area (Å²) >= 11 is 11.9. The van der Waals surface area contributed by atoms with E-state index in [0.29, 0.717) is 29.4 Å². The molecule has 0 atom stereocenters. The Bertz CT molecular complexity index is 904. The highest BCUT2D eigenvalue weighted by Crippen LogP contribution is 2.23. The Morgan fingerprint density at radius 2 is 1.81 bits per heavy atom. The summed E-state index contributed by atoms with van der Waals surface area (Å²) < 4.78 is 2.01. The summed E-state index contributed by atoms with van der Waals surface area (Å²) in [6, 6.07) is 13.5. The molecule has 26 heavy (non-hydrogen) atoms. The predicted molar refractivity (Wildman–Crippen MR) is 105 cm³/mol. The molecule has 0 bridgehead atoms. The van der Waals surface area contributed by atoms with Crippen molar-refractivity contribution in [1.82, 2.24) is 14.9 Å². The van der Waals surface area contributed by atoms with Crippen LogP contribution in [0.3, 0.4) is 0 Å². The molecular weight excluding hydrogens is 369 g/mol. The zero-order valence-electron chi connectivity index (χ0n) is 14.4. The van der Waals surface area contributed by atoms with Gasteiger partial charge in [-0.25, -0.2) is 4.98 Å². The lowest BCUT2D eigenvalue weighted by Gasteiger charge is -2.08. The van der Waals surface area contributed by atoms with Crippen LogP contribution in [0, 0.1) is 6.92 Å². The lowest BCUT2D eigenvalue weighted by atomic mass is 10.1. The summed E-state index contributed by atoms with van der Waals surface area (Å²) in [6.07, 6.45) is 4.73. The van der Waals surface area contributed by atoms with E-state index in [0.717, 1.165) is 22.6 Å². The second-order valence-corrected chi connectivity index (χ2v) is 6.85. The minimum absolute atomic E-state index is 0.00519. The molecule has 0 fully saturated rings. The number of halogens is 2. The van der Waals surface area contributed by atoms with Crippen LogP contribution in [-0.4, -0.2) is 15.5 Å². The lowest BCUT2D eigenvalue weighted by Crippen LogP contribution is -2.23. The monoisotopic (exact) mass is 387 g/mol. The largest absolute Gasteiger partial charge is 0.352 e. The van der Waals surface area contributed by atoms with Gasteiger partial charge < -0.3 is 9.88 Å². The first-order valence-corrected chi connectivity index (χ1v) is 9.08. The molecule has 0 aliphatic rings. The molecule has 1 aromatic heterocycles. The average molecular weight is 388 g/mol. The highest BCUT2D eigenvalue weighted by atomic mass is 35.5. The molecule has 0 aliphatic carbocycles. The first-order valence-electron chi connectivity index (χ1n) is 8.33. The Labute approximate surface area is 162 Å². The number of nitrogens with zero attached hydrogens (tertiary/aromatic N) is 2. The van der Waals surface area contributed by atoms with Crippen molar-refractivity contribution >= 4 is 29.1 Å². The minimum atomic E-state index is 0.00519. The molecule has 0 unspecified atom stereocenters. The molecule has 4 nitrogen and oxygen atoms in total. The number of benzene rings is 2. The van der Waals surface area contributed by atoms with Gasteiger partial charge >= 0.3 is 0 Å². The highest BCUT2D eigenvalue weighted by molar-refractivity contribution is 6.42. The first-order chi connectivity index (χ1) is 12.5. The maximum Gasteiger partial charge on any atom is 0.220 e. The Morgan fingerprint density at radius 3 is 2.46 bits per heavy atom. The molecule has 0 radical (unpaired) electrons. The highest BCUT2D eigenvalue weighted by Gasteiger charge is 2.05. The van der Waals surface area contributed by atoms with Crippen LogP contribution in [0.4, 0.5) is 0 Å². The number of aryl methyl sites for hydroxylation is 2. The van der Waals surface area contributed by atoms with Gasteiger partial charge in [0.2, 0.25) is 5.91 Å². The van der Waals surface area contributed by atoms with Gasteiger partial charge in [0.15, 0.2) is 0 Å². The molecule has 0 saturated carbocycles. The number of hydrogen-bond donors (Lipinski definition) is 1. The van der Waals surface area contributed by atoms with Gasteiger partial charge in [-0.2, -0.15) is 0 Å². The van der Waals surface area contributed by atoms with E-state index in [1.54, 1.807) is 18.3 Å². The van der Waals surface area contributed by atoms with Crippen LogP contribution >= 0.6 is 23.2 Å². The van der Waals surface area contributed by atoms with Crippen LogP contribution in [0.25, 0.3) is 5.69 Å². The quantitative estimate of drug-likeness (QED) is 0.663. The standard InChI is InChI=1S/C20H19Cl2N3O/c1-14-23-10-11-25(14)17-6-2-16(3-7-17)13-24-20(26)9-5-15-4-8-18(21)19(22)12-15/h2-4,6-8,10-12H,5,9,13H2,1H3,(H,24,26). The van der Waals surface area contributed by atoms with Crippen LogP contribution in [0.15, 0.2) is 54.9 Å². The molecule has 1 amide bonds. The van der Waals surface area contributed by atoms with Gasteiger partial charge in [0, 0.05) is 31.0 Å².